The maximum atomic E-state index is 3.50. The number of aromatic nitrogens is 1. The molecule has 0 radical (unpaired) electrons. The Hall–Kier alpha value is -1.84. The van der Waals surface area contributed by atoms with Gasteiger partial charge in [0.1, 0.15) is 4.83 Å². The second-order valence-electron chi connectivity index (χ2n) is 5.52. The minimum Gasteiger partial charge on any atom is -0.312 e. The number of benzene rings is 1. The Morgan fingerprint density at radius 1 is 1.24 bits per heavy atom. The molecule has 3 heteroatoms. The highest BCUT2D eigenvalue weighted by Crippen LogP contribution is 2.35. The van der Waals surface area contributed by atoms with Crippen molar-refractivity contribution < 1.29 is 0 Å². The van der Waals surface area contributed by atoms with Crippen molar-refractivity contribution in [3.05, 3.63) is 58.1 Å². The fourth-order valence-electron chi connectivity index (χ4n) is 3.09. The van der Waals surface area contributed by atoms with Gasteiger partial charge in [-0.25, -0.2) is 0 Å². The highest BCUT2D eigenvalue weighted by molar-refractivity contribution is 7.18. The van der Waals surface area contributed by atoms with Gasteiger partial charge in [0.15, 0.2) is 0 Å². The molecule has 106 valence electrons. The number of fused-ring (bicyclic) bond motifs is 3. The Bertz CT molecular complexity index is 809. The summed E-state index contributed by atoms with van der Waals surface area (Å²) in [7, 11) is 0. The molecule has 0 saturated carbocycles. The summed E-state index contributed by atoms with van der Waals surface area (Å²) in [4.78, 5) is 2.77. The zero-order valence-electron chi connectivity index (χ0n) is 12.1. The lowest BCUT2D eigenvalue weighted by Gasteiger charge is -2.15. The Morgan fingerprint density at radius 2 is 2.10 bits per heavy atom. The third-order valence-electron chi connectivity index (χ3n) is 4.07. The largest absolute Gasteiger partial charge is 0.312 e. The van der Waals surface area contributed by atoms with Gasteiger partial charge < -0.3 is 9.88 Å². The molecule has 0 bridgehead atoms. The number of nitrogens with zero attached hydrogens (tertiary/aromatic N) is 1. The summed E-state index contributed by atoms with van der Waals surface area (Å²) in [6.07, 6.45) is 5.55. The number of rotatable bonds is 2. The van der Waals surface area contributed by atoms with Crippen LogP contribution in [0.1, 0.15) is 21.7 Å². The van der Waals surface area contributed by atoms with Crippen LogP contribution in [0, 0.1) is 6.92 Å². The summed E-state index contributed by atoms with van der Waals surface area (Å²) >= 11 is 1.89. The first-order valence-electron chi connectivity index (χ1n) is 7.39. The van der Waals surface area contributed by atoms with Crippen molar-refractivity contribution in [3.8, 4) is 0 Å². The van der Waals surface area contributed by atoms with Crippen molar-refractivity contribution in [1.82, 2.24) is 9.88 Å². The maximum Gasteiger partial charge on any atom is 0.107 e. The van der Waals surface area contributed by atoms with Crippen LogP contribution in [0.3, 0.4) is 0 Å². The molecule has 1 aliphatic heterocycles. The summed E-state index contributed by atoms with van der Waals surface area (Å²) in [5, 5.41) is 4.92. The first-order valence-corrected chi connectivity index (χ1v) is 8.20. The van der Waals surface area contributed by atoms with Gasteiger partial charge in [-0.15, -0.1) is 11.3 Å². The lowest BCUT2D eigenvalue weighted by atomic mass is 10.1. The highest BCUT2D eigenvalue weighted by Gasteiger charge is 2.20. The lowest BCUT2D eigenvalue weighted by Crippen LogP contribution is -2.24. The molecule has 0 saturated heterocycles. The minimum absolute atomic E-state index is 0.994. The van der Waals surface area contributed by atoms with Crippen molar-refractivity contribution in [2.24, 2.45) is 0 Å². The SMILES string of the molecule is Cc1cc2c3c(n(/C=C/c4ccccc4)c2s1)CCNC3. The number of nitrogens with one attached hydrogen (secondary N) is 1. The van der Waals surface area contributed by atoms with Gasteiger partial charge in [0.25, 0.3) is 0 Å². The van der Waals surface area contributed by atoms with Crippen molar-refractivity contribution in [3.63, 3.8) is 0 Å². The Labute approximate surface area is 128 Å². The fraction of sp³-hybridized carbons (Fsp3) is 0.222. The van der Waals surface area contributed by atoms with E-state index in [2.05, 4.69) is 65.5 Å². The number of thiophene rings is 1. The van der Waals surface area contributed by atoms with Gasteiger partial charge in [0, 0.05) is 41.7 Å². The van der Waals surface area contributed by atoms with Gasteiger partial charge >= 0.3 is 0 Å². The van der Waals surface area contributed by atoms with Gasteiger partial charge in [-0.3, -0.25) is 0 Å². The maximum absolute atomic E-state index is 3.50. The van der Waals surface area contributed by atoms with E-state index in [0.29, 0.717) is 0 Å². The lowest BCUT2D eigenvalue weighted by molar-refractivity contribution is 0.634. The average molecular weight is 294 g/mol. The molecule has 0 aliphatic carbocycles. The summed E-state index contributed by atoms with van der Waals surface area (Å²) < 4.78 is 2.40. The van der Waals surface area contributed by atoms with E-state index < -0.39 is 0 Å². The zero-order valence-corrected chi connectivity index (χ0v) is 12.9. The van der Waals surface area contributed by atoms with E-state index >= 15 is 0 Å². The average Bonchev–Trinajstić information content (AvgIpc) is 3.02. The first-order chi connectivity index (χ1) is 10.3. The van der Waals surface area contributed by atoms with Gasteiger partial charge in [-0.1, -0.05) is 30.3 Å². The van der Waals surface area contributed by atoms with Crippen LogP contribution in [0.5, 0.6) is 0 Å². The van der Waals surface area contributed by atoms with E-state index in [-0.39, 0.29) is 0 Å². The molecule has 0 spiro atoms. The van der Waals surface area contributed by atoms with Crippen LogP contribution in [0.25, 0.3) is 22.5 Å². The van der Waals surface area contributed by atoms with Crippen molar-refractivity contribution in [1.29, 1.82) is 0 Å². The van der Waals surface area contributed by atoms with E-state index in [9.17, 15) is 0 Å². The number of aryl methyl sites for hydroxylation is 1. The smallest absolute Gasteiger partial charge is 0.107 e. The van der Waals surface area contributed by atoms with Crippen molar-refractivity contribution in [2.75, 3.05) is 6.54 Å². The molecule has 2 aromatic heterocycles. The number of hydrogen-bond donors (Lipinski definition) is 1. The van der Waals surface area contributed by atoms with Gasteiger partial charge in [0.05, 0.1) is 0 Å². The molecule has 1 aliphatic rings. The molecular formula is C18H18N2S. The fourth-order valence-corrected chi connectivity index (χ4v) is 4.13. The van der Waals surface area contributed by atoms with E-state index in [1.54, 1.807) is 0 Å². The molecule has 0 amide bonds. The molecule has 4 rings (SSSR count). The third kappa shape index (κ3) is 2.23. The predicted octanol–water partition coefficient (Wildman–Crippen LogP) is 4.28. The molecule has 0 atom stereocenters. The minimum atomic E-state index is 0.994. The van der Waals surface area contributed by atoms with Crippen molar-refractivity contribution >= 4 is 33.8 Å². The first kappa shape index (κ1) is 12.9. The van der Waals surface area contributed by atoms with E-state index in [4.69, 9.17) is 0 Å². The third-order valence-corrected chi connectivity index (χ3v) is 5.12. The molecule has 1 N–H and O–H groups in total. The molecule has 21 heavy (non-hydrogen) atoms. The van der Waals surface area contributed by atoms with Crippen LogP contribution in [0.4, 0.5) is 0 Å². The Kier molecular flexibility index (Phi) is 3.17. The molecule has 0 fully saturated rings. The Balaban J connectivity index is 1.85. The molecule has 0 unspecified atom stereocenters. The monoisotopic (exact) mass is 294 g/mol. The van der Waals surface area contributed by atoms with Crippen LogP contribution in [0.2, 0.25) is 0 Å². The summed E-state index contributed by atoms with van der Waals surface area (Å²) in [6.45, 7) is 4.26. The molecule has 3 heterocycles. The zero-order chi connectivity index (χ0) is 14.2. The summed E-state index contributed by atoms with van der Waals surface area (Å²) in [5.41, 5.74) is 4.20. The van der Waals surface area contributed by atoms with Crippen LogP contribution >= 0.6 is 11.3 Å². The van der Waals surface area contributed by atoms with Gasteiger partial charge in [-0.05, 0) is 30.2 Å². The highest BCUT2D eigenvalue weighted by atomic mass is 32.1. The normalized spacial score (nSPS) is 14.9. The second-order valence-corrected chi connectivity index (χ2v) is 6.76. The second kappa shape index (κ2) is 5.17. The van der Waals surface area contributed by atoms with Crippen LogP contribution < -0.4 is 5.32 Å². The summed E-state index contributed by atoms with van der Waals surface area (Å²) in [5.74, 6) is 0. The van der Waals surface area contributed by atoms with E-state index in [0.717, 1.165) is 19.5 Å². The van der Waals surface area contributed by atoms with Crippen LogP contribution in [-0.4, -0.2) is 11.1 Å². The van der Waals surface area contributed by atoms with Gasteiger partial charge in [-0.2, -0.15) is 0 Å². The quantitative estimate of drug-likeness (QED) is 0.746. The molecular weight excluding hydrogens is 276 g/mol. The molecule has 2 nitrogen and oxygen atoms in total. The van der Waals surface area contributed by atoms with Gasteiger partial charge in [0.2, 0.25) is 0 Å². The topological polar surface area (TPSA) is 17.0 Å². The van der Waals surface area contributed by atoms with Crippen molar-refractivity contribution in [2.45, 2.75) is 19.9 Å². The Morgan fingerprint density at radius 3 is 2.95 bits per heavy atom. The van der Waals surface area contributed by atoms with E-state index in [1.165, 1.54) is 31.9 Å². The number of hydrogen-bond acceptors (Lipinski definition) is 2. The molecule has 1 aromatic carbocycles. The van der Waals surface area contributed by atoms with Crippen LogP contribution in [0.15, 0.2) is 36.4 Å². The predicted molar refractivity (Wildman–Crippen MR) is 91.6 cm³/mol. The molecule has 3 aromatic rings. The standard InChI is InChI=1S/C18H18N2S/c1-13-11-15-16-12-19-9-7-17(16)20(18(15)21-13)10-8-14-5-3-2-4-6-14/h2-6,8,10-11,19H,7,9,12H2,1H3/b10-8+. The van der Waals surface area contributed by atoms with Crippen LogP contribution in [-0.2, 0) is 13.0 Å². The summed E-state index contributed by atoms with van der Waals surface area (Å²) in [6, 6.07) is 12.8. The van der Waals surface area contributed by atoms with E-state index in [1.807, 2.05) is 11.3 Å².